The Bertz CT molecular complexity index is 185. The van der Waals surface area contributed by atoms with Crippen LogP contribution in [0.25, 0.3) is 0 Å². The summed E-state index contributed by atoms with van der Waals surface area (Å²) in [6.45, 7) is 5.19. The lowest BCUT2D eigenvalue weighted by molar-refractivity contribution is -0.137. The smallest absolute Gasteiger partial charge is 0.334 e. The highest BCUT2D eigenvalue weighted by molar-refractivity contribution is 8.17. The van der Waals surface area contributed by atoms with Crippen LogP contribution in [-0.4, -0.2) is 22.2 Å². The number of hydrogen-bond acceptors (Lipinski definition) is 4. The molecular weight excluding hydrogens is 192 g/mol. The van der Waals surface area contributed by atoms with Crippen LogP contribution in [0.3, 0.4) is 0 Å². The van der Waals surface area contributed by atoms with Crippen LogP contribution in [0.1, 0.15) is 13.3 Å². The molecule has 0 N–H and O–H groups in total. The number of esters is 1. The van der Waals surface area contributed by atoms with E-state index in [0.717, 1.165) is 11.5 Å². The Hall–Kier alpha value is -0.0900. The molecule has 1 aliphatic rings. The SMILES string of the molecule is C=C(C)C(=O)OC1SCCCS1. The molecule has 68 valence electrons. The first-order chi connectivity index (χ1) is 5.70. The van der Waals surface area contributed by atoms with Gasteiger partial charge in [-0.1, -0.05) is 6.58 Å². The Kier molecular flexibility index (Phi) is 4.01. The van der Waals surface area contributed by atoms with Crippen molar-refractivity contribution in [3.8, 4) is 0 Å². The second kappa shape index (κ2) is 4.82. The van der Waals surface area contributed by atoms with E-state index in [1.165, 1.54) is 6.42 Å². The molecule has 1 heterocycles. The van der Waals surface area contributed by atoms with Crippen LogP contribution in [0.15, 0.2) is 12.2 Å². The Morgan fingerprint density at radius 2 is 2.08 bits per heavy atom. The summed E-state index contributed by atoms with van der Waals surface area (Å²) in [5.74, 6) is 1.89. The van der Waals surface area contributed by atoms with Gasteiger partial charge >= 0.3 is 5.97 Å². The maximum atomic E-state index is 11.1. The average Bonchev–Trinajstić information content (AvgIpc) is 2.06. The molecule has 0 radical (unpaired) electrons. The summed E-state index contributed by atoms with van der Waals surface area (Å²) in [5, 5.41) is 0. The van der Waals surface area contributed by atoms with Gasteiger partial charge in [0.25, 0.3) is 0 Å². The number of rotatable bonds is 2. The number of carbonyl (C=O) groups is 1. The molecule has 0 aromatic heterocycles. The molecule has 1 aliphatic heterocycles. The molecule has 0 aromatic carbocycles. The minimum atomic E-state index is -0.276. The molecule has 0 unspecified atom stereocenters. The molecule has 0 aliphatic carbocycles. The standard InChI is InChI=1S/C8H12O2S2/c1-6(2)7(9)10-8-11-4-3-5-12-8/h8H,1,3-5H2,2H3. The van der Waals surface area contributed by atoms with Crippen molar-refractivity contribution in [2.24, 2.45) is 0 Å². The van der Waals surface area contributed by atoms with Gasteiger partial charge in [0.15, 0.2) is 4.77 Å². The normalized spacial score (nSPS) is 18.8. The van der Waals surface area contributed by atoms with Gasteiger partial charge in [-0.25, -0.2) is 4.79 Å². The molecule has 4 heteroatoms. The summed E-state index contributed by atoms with van der Waals surface area (Å²) in [6, 6.07) is 0. The predicted molar refractivity (Wildman–Crippen MR) is 54.2 cm³/mol. The minimum absolute atomic E-state index is 0.0112. The van der Waals surface area contributed by atoms with E-state index >= 15 is 0 Å². The zero-order valence-corrected chi connectivity index (χ0v) is 8.67. The van der Waals surface area contributed by atoms with E-state index in [2.05, 4.69) is 6.58 Å². The van der Waals surface area contributed by atoms with Gasteiger partial charge < -0.3 is 4.74 Å². The molecule has 0 atom stereocenters. The molecular formula is C8H12O2S2. The quantitative estimate of drug-likeness (QED) is 0.509. The van der Waals surface area contributed by atoms with Crippen LogP contribution in [-0.2, 0) is 9.53 Å². The zero-order valence-electron chi connectivity index (χ0n) is 7.04. The molecule has 0 aromatic rings. The molecule has 1 saturated heterocycles. The van der Waals surface area contributed by atoms with E-state index < -0.39 is 0 Å². The molecule has 0 saturated carbocycles. The van der Waals surface area contributed by atoms with Crippen molar-refractivity contribution in [3.05, 3.63) is 12.2 Å². The Morgan fingerprint density at radius 1 is 1.50 bits per heavy atom. The lowest BCUT2D eigenvalue weighted by Crippen LogP contribution is -2.16. The van der Waals surface area contributed by atoms with Crippen LogP contribution < -0.4 is 0 Å². The fraction of sp³-hybridized carbons (Fsp3) is 0.625. The Labute approximate surface area is 81.1 Å². The van der Waals surface area contributed by atoms with Crippen molar-refractivity contribution in [1.29, 1.82) is 0 Å². The number of ether oxygens (including phenoxy) is 1. The van der Waals surface area contributed by atoms with Gasteiger partial charge in [0.2, 0.25) is 0 Å². The summed E-state index contributed by atoms with van der Waals surface area (Å²) in [7, 11) is 0. The van der Waals surface area contributed by atoms with E-state index in [0.29, 0.717) is 5.57 Å². The summed E-state index contributed by atoms with van der Waals surface area (Å²) < 4.78 is 5.13. The largest absolute Gasteiger partial charge is 0.437 e. The predicted octanol–water partition coefficient (Wildman–Crippen LogP) is 2.26. The Balaban J connectivity index is 2.29. The number of thioether (sulfide) groups is 2. The van der Waals surface area contributed by atoms with Crippen molar-refractivity contribution in [3.63, 3.8) is 0 Å². The van der Waals surface area contributed by atoms with Crippen molar-refractivity contribution in [2.45, 2.75) is 18.1 Å². The van der Waals surface area contributed by atoms with Crippen LogP contribution in [0.2, 0.25) is 0 Å². The lowest BCUT2D eigenvalue weighted by atomic mass is 10.4. The summed E-state index contributed by atoms with van der Waals surface area (Å²) in [5.41, 5.74) is 0.474. The van der Waals surface area contributed by atoms with Crippen molar-refractivity contribution < 1.29 is 9.53 Å². The molecule has 0 amide bonds. The highest BCUT2D eigenvalue weighted by Crippen LogP contribution is 2.31. The monoisotopic (exact) mass is 204 g/mol. The van der Waals surface area contributed by atoms with Gasteiger partial charge in [0.05, 0.1) is 0 Å². The maximum Gasteiger partial charge on any atom is 0.334 e. The fourth-order valence-corrected chi connectivity index (χ4v) is 3.18. The van der Waals surface area contributed by atoms with Gasteiger partial charge in [-0.05, 0) is 24.9 Å². The van der Waals surface area contributed by atoms with Gasteiger partial charge in [0.1, 0.15) is 0 Å². The highest BCUT2D eigenvalue weighted by atomic mass is 32.2. The van der Waals surface area contributed by atoms with E-state index in [1.807, 2.05) is 0 Å². The second-order valence-corrected chi connectivity index (χ2v) is 5.21. The zero-order chi connectivity index (χ0) is 8.97. The van der Waals surface area contributed by atoms with Crippen molar-refractivity contribution in [2.75, 3.05) is 11.5 Å². The van der Waals surface area contributed by atoms with Crippen LogP contribution >= 0.6 is 23.5 Å². The van der Waals surface area contributed by atoms with E-state index in [1.54, 1.807) is 30.4 Å². The van der Waals surface area contributed by atoms with Crippen LogP contribution in [0.5, 0.6) is 0 Å². The highest BCUT2D eigenvalue weighted by Gasteiger charge is 2.18. The fourth-order valence-electron chi connectivity index (χ4n) is 0.722. The van der Waals surface area contributed by atoms with Crippen molar-refractivity contribution in [1.82, 2.24) is 0 Å². The van der Waals surface area contributed by atoms with Gasteiger partial charge in [-0.3, -0.25) is 0 Å². The molecule has 2 nitrogen and oxygen atoms in total. The molecule has 12 heavy (non-hydrogen) atoms. The van der Waals surface area contributed by atoms with Gasteiger partial charge in [-0.2, -0.15) is 0 Å². The second-order valence-electron chi connectivity index (χ2n) is 2.57. The van der Waals surface area contributed by atoms with E-state index in [-0.39, 0.29) is 10.7 Å². The third kappa shape index (κ3) is 3.11. The summed E-state index contributed by atoms with van der Waals surface area (Å²) >= 11 is 3.38. The third-order valence-electron chi connectivity index (χ3n) is 1.35. The first-order valence-electron chi connectivity index (χ1n) is 3.80. The van der Waals surface area contributed by atoms with E-state index in [9.17, 15) is 4.79 Å². The molecule has 0 bridgehead atoms. The molecule has 1 rings (SSSR count). The van der Waals surface area contributed by atoms with Gasteiger partial charge in [0, 0.05) is 5.57 Å². The first kappa shape index (κ1) is 9.99. The lowest BCUT2D eigenvalue weighted by Gasteiger charge is -2.20. The maximum absolute atomic E-state index is 11.1. The minimum Gasteiger partial charge on any atom is -0.437 e. The average molecular weight is 204 g/mol. The first-order valence-corrected chi connectivity index (χ1v) is 5.89. The van der Waals surface area contributed by atoms with Crippen LogP contribution in [0, 0.1) is 0 Å². The Morgan fingerprint density at radius 3 is 2.58 bits per heavy atom. The van der Waals surface area contributed by atoms with Gasteiger partial charge in [-0.15, -0.1) is 23.5 Å². The molecule has 0 spiro atoms. The third-order valence-corrected chi connectivity index (χ3v) is 3.95. The number of carbonyl (C=O) groups excluding carboxylic acids is 1. The number of hydrogen-bond donors (Lipinski definition) is 0. The topological polar surface area (TPSA) is 26.3 Å². The van der Waals surface area contributed by atoms with E-state index in [4.69, 9.17) is 4.74 Å². The summed E-state index contributed by atoms with van der Waals surface area (Å²) in [6.07, 6.45) is 1.20. The van der Waals surface area contributed by atoms with Crippen LogP contribution in [0.4, 0.5) is 0 Å². The molecule has 1 fully saturated rings. The summed E-state index contributed by atoms with van der Waals surface area (Å²) in [4.78, 5) is 11.1. The van der Waals surface area contributed by atoms with Crippen molar-refractivity contribution >= 4 is 29.5 Å².